The predicted octanol–water partition coefficient (Wildman–Crippen LogP) is 2.40. The van der Waals surface area contributed by atoms with E-state index in [2.05, 4.69) is 14.9 Å². The molecule has 0 aliphatic heterocycles. The number of nitrogen functional groups attached to an aromatic ring is 1. The number of nitrogens with two attached hydrogens (primary N) is 1. The van der Waals surface area contributed by atoms with Crippen molar-refractivity contribution >= 4 is 33.1 Å². The monoisotopic (exact) mass is 314 g/mol. The normalized spacial score (nSPS) is 11.5. The maximum absolute atomic E-state index is 12.2. The van der Waals surface area contributed by atoms with Crippen LogP contribution < -0.4 is 10.5 Å². The summed E-state index contributed by atoms with van der Waals surface area (Å²) in [5, 5.41) is 6.79. The second-order valence-electron chi connectivity index (χ2n) is 4.32. The van der Waals surface area contributed by atoms with Crippen molar-refractivity contribution in [3.05, 3.63) is 35.0 Å². The lowest BCUT2D eigenvalue weighted by Crippen LogP contribution is -2.14. The van der Waals surface area contributed by atoms with Crippen LogP contribution in [0.25, 0.3) is 0 Å². The molecule has 6 nitrogen and oxygen atoms in total. The molecule has 0 amide bonds. The molecule has 0 unspecified atom stereocenters. The largest absolute Gasteiger partial charge is 0.399 e. The number of halogens is 1. The number of rotatable bonds is 5. The highest BCUT2D eigenvalue weighted by Gasteiger charge is 2.19. The summed E-state index contributed by atoms with van der Waals surface area (Å²) in [6.45, 7) is 2.03. The van der Waals surface area contributed by atoms with Crippen LogP contribution in [0, 0.1) is 0 Å². The van der Waals surface area contributed by atoms with Gasteiger partial charge in [0.15, 0.2) is 5.82 Å². The van der Waals surface area contributed by atoms with Crippen LogP contribution in [0.1, 0.15) is 19.0 Å². The Hall–Kier alpha value is -1.73. The number of hydrogen-bond donors (Lipinski definition) is 3. The predicted molar refractivity (Wildman–Crippen MR) is 79.3 cm³/mol. The molecule has 0 spiro atoms. The molecule has 8 heteroatoms. The SMILES string of the molecule is CCCc1cc(NS(=O)(=O)c2cc(N)ccc2Cl)n[nH]1. The van der Waals surface area contributed by atoms with Gasteiger partial charge in [0.1, 0.15) is 4.90 Å². The van der Waals surface area contributed by atoms with Crippen LogP contribution in [0.15, 0.2) is 29.2 Å². The smallest absolute Gasteiger partial charge is 0.264 e. The highest BCUT2D eigenvalue weighted by molar-refractivity contribution is 7.92. The minimum absolute atomic E-state index is 0.0702. The van der Waals surface area contributed by atoms with E-state index in [9.17, 15) is 8.42 Å². The van der Waals surface area contributed by atoms with Gasteiger partial charge in [0.2, 0.25) is 0 Å². The van der Waals surface area contributed by atoms with Gasteiger partial charge in [-0.3, -0.25) is 9.82 Å². The van der Waals surface area contributed by atoms with Crippen molar-refractivity contribution < 1.29 is 8.42 Å². The number of anilines is 2. The van der Waals surface area contributed by atoms with Crippen molar-refractivity contribution in [1.29, 1.82) is 0 Å². The van der Waals surface area contributed by atoms with Crippen LogP contribution in [0.5, 0.6) is 0 Å². The van der Waals surface area contributed by atoms with Crippen molar-refractivity contribution in [3.63, 3.8) is 0 Å². The molecule has 2 rings (SSSR count). The highest BCUT2D eigenvalue weighted by Crippen LogP contribution is 2.25. The minimum atomic E-state index is -3.81. The maximum Gasteiger partial charge on any atom is 0.264 e. The number of sulfonamides is 1. The Morgan fingerprint density at radius 2 is 2.15 bits per heavy atom. The van der Waals surface area contributed by atoms with Crippen LogP contribution in [-0.2, 0) is 16.4 Å². The van der Waals surface area contributed by atoms with Crippen molar-refractivity contribution in [1.82, 2.24) is 10.2 Å². The molecule has 0 atom stereocenters. The van der Waals surface area contributed by atoms with Crippen molar-refractivity contribution in [3.8, 4) is 0 Å². The van der Waals surface area contributed by atoms with E-state index in [-0.39, 0.29) is 15.7 Å². The van der Waals surface area contributed by atoms with E-state index >= 15 is 0 Å². The lowest BCUT2D eigenvalue weighted by atomic mass is 10.2. The molecular weight excluding hydrogens is 300 g/mol. The molecule has 0 bridgehead atoms. The van der Waals surface area contributed by atoms with Gasteiger partial charge < -0.3 is 5.73 Å². The number of hydrogen-bond acceptors (Lipinski definition) is 4. The third-order valence-corrected chi connectivity index (χ3v) is 4.47. The zero-order valence-corrected chi connectivity index (χ0v) is 12.4. The average Bonchev–Trinajstić information content (AvgIpc) is 2.79. The fourth-order valence-corrected chi connectivity index (χ4v) is 3.26. The fraction of sp³-hybridized carbons (Fsp3) is 0.250. The van der Waals surface area contributed by atoms with Gasteiger partial charge in [-0.1, -0.05) is 24.9 Å². The van der Waals surface area contributed by atoms with E-state index in [0.29, 0.717) is 5.69 Å². The van der Waals surface area contributed by atoms with E-state index in [0.717, 1.165) is 18.5 Å². The molecule has 1 heterocycles. The summed E-state index contributed by atoms with van der Waals surface area (Å²) < 4.78 is 26.8. The van der Waals surface area contributed by atoms with Gasteiger partial charge in [0.05, 0.1) is 5.02 Å². The first-order valence-electron chi connectivity index (χ1n) is 6.04. The number of aromatic amines is 1. The van der Waals surface area contributed by atoms with E-state index in [1.807, 2.05) is 6.92 Å². The molecule has 2 aromatic rings. The first-order chi connectivity index (χ1) is 9.42. The molecule has 0 fully saturated rings. The molecule has 108 valence electrons. The molecular formula is C12H15ClN4O2S. The van der Waals surface area contributed by atoms with Gasteiger partial charge in [0, 0.05) is 17.4 Å². The molecule has 4 N–H and O–H groups in total. The standard InChI is InChI=1S/C12H15ClN4O2S/c1-2-3-9-7-12(16-15-9)17-20(18,19)11-6-8(14)4-5-10(11)13/h4-7H,2-3,14H2,1H3,(H2,15,16,17). The number of nitrogens with one attached hydrogen (secondary N) is 2. The molecule has 0 saturated carbocycles. The lowest BCUT2D eigenvalue weighted by molar-refractivity contribution is 0.601. The Balaban J connectivity index is 2.28. The van der Waals surface area contributed by atoms with E-state index in [1.54, 1.807) is 6.07 Å². The van der Waals surface area contributed by atoms with Crippen LogP contribution in [-0.4, -0.2) is 18.6 Å². The lowest BCUT2D eigenvalue weighted by Gasteiger charge is -2.07. The molecule has 0 radical (unpaired) electrons. The van der Waals surface area contributed by atoms with Crippen molar-refractivity contribution in [2.75, 3.05) is 10.5 Å². The van der Waals surface area contributed by atoms with Crippen molar-refractivity contribution in [2.24, 2.45) is 0 Å². The molecule has 0 aliphatic rings. The average molecular weight is 315 g/mol. The number of H-pyrrole nitrogens is 1. The summed E-state index contributed by atoms with van der Waals surface area (Å²) in [5.41, 5.74) is 6.78. The quantitative estimate of drug-likeness (QED) is 0.737. The topological polar surface area (TPSA) is 101 Å². The third-order valence-electron chi connectivity index (χ3n) is 2.63. The zero-order valence-electron chi connectivity index (χ0n) is 10.9. The van der Waals surface area contributed by atoms with Crippen LogP contribution in [0.2, 0.25) is 5.02 Å². The molecule has 1 aromatic carbocycles. The molecule has 0 saturated heterocycles. The number of aromatic nitrogens is 2. The summed E-state index contributed by atoms with van der Waals surface area (Å²) in [6.07, 6.45) is 1.74. The van der Waals surface area contributed by atoms with Gasteiger partial charge in [-0.2, -0.15) is 5.10 Å². The minimum Gasteiger partial charge on any atom is -0.399 e. The van der Waals surface area contributed by atoms with Gasteiger partial charge in [-0.15, -0.1) is 0 Å². The maximum atomic E-state index is 12.2. The van der Waals surface area contributed by atoms with Gasteiger partial charge in [0.25, 0.3) is 10.0 Å². The Morgan fingerprint density at radius 1 is 1.40 bits per heavy atom. The first kappa shape index (κ1) is 14.7. The molecule has 20 heavy (non-hydrogen) atoms. The van der Waals surface area contributed by atoms with Gasteiger partial charge >= 0.3 is 0 Å². The Kier molecular flexibility index (Phi) is 4.20. The van der Waals surface area contributed by atoms with Crippen LogP contribution in [0.3, 0.4) is 0 Å². The summed E-state index contributed by atoms with van der Waals surface area (Å²) in [4.78, 5) is -0.0702. The number of benzene rings is 1. The first-order valence-corrected chi connectivity index (χ1v) is 7.90. The van der Waals surface area contributed by atoms with E-state index in [1.165, 1.54) is 18.2 Å². The summed E-state index contributed by atoms with van der Waals surface area (Å²) >= 11 is 5.90. The van der Waals surface area contributed by atoms with Gasteiger partial charge in [-0.05, 0) is 24.6 Å². The number of nitrogens with zero attached hydrogens (tertiary/aromatic N) is 1. The Morgan fingerprint density at radius 3 is 2.85 bits per heavy atom. The summed E-state index contributed by atoms with van der Waals surface area (Å²) in [6, 6.07) is 5.94. The van der Waals surface area contributed by atoms with Crippen LogP contribution in [0.4, 0.5) is 11.5 Å². The highest BCUT2D eigenvalue weighted by atomic mass is 35.5. The Bertz CT molecular complexity index is 712. The van der Waals surface area contributed by atoms with Gasteiger partial charge in [-0.25, -0.2) is 8.42 Å². The van der Waals surface area contributed by atoms with Crippen LogP contribution >= 0.6 is 11.6 Å². The molecule has 1 aromatic heterocycles. The second kappa shape index (κ2) is 5.72. The summed E-state index contributed by atoms with van der Waals surface area (Å²) in [7, 11) is -3.81. The van der Waals surface area contributed by atoms with Crippen molar-refractivity contribution in [2.45, 2.75) is 24.7 Å². The van der Waals surface area contributed by atoms with E-state index < -0.39 is 10.0 Å². The zero-order chi connectivity index (χ0) is 14.8. The third kappa shape index (κ3) is 3.23. The summed E-state index contributed by atoms with van der Waals surface area (Å²) in [5.74, 6) is 0.229. The second-order valence-corrected chi connectivity index (χ2v) is 6.38. The van der Waals surface area contributed by atoms with E-state index in [4.69, 9.17) is 17.3 Å². The number of aryl methyl sites for hydroxylation is 1. The fourth-order valence-electron chi connectivity index (χ4n) is 1.73. The molecule has 0 aliphatic carbocycles. The Labute approximate surface area is 122 Å².